The average Bonchev–Trinajstić information content (AvgIpc) is 2.39. The molecule has 0 N–H and O–H groups in total. The van der Waals surface area contributed by atoms with E-state index in [1.54, 1.807) is 12.1 Å². The van der Waals surface area contributed by atoms with Gasteiger partial charge in [-0.1, -0.05) is 0 Å². The van der Waals surface area contributed by atoms with Gasteiger partial charge in [-0.2, -0.15) is 0 Å². The van der Waals surface area contributed by atoms with Gasteiger partial charge in [-0.15, -0.1) is 0 Å². The third kappa shape index (κ3) is 5.72. The second kappa shape index (κ2) is 8.72. The van der Waals surface area contributed by atoms with Crippen molar-refractivity contribution in [2.24, 2.45) is 0 Å². The van der Waals surface area contributed by atoms with Gasteiger partial charge in [-0.05, 0) is 52.0 Å². The van der Waals surface area contributed by atoms with E-state index in [-0.39, 0.29) is 18.3 Å². The number of rotatable bonds is 9. The van der Waals surface area contributed by atoms with Crippen molar-refractivity contribution < 1.29 is 19.0 Å². The van der Waals surface area contributed by atoms with Crippen LogP contribution in [0.4, 0.5) is 0 Å². The summed E-state index contributed by atoms with van der Waals surface area (Å²) in [6.07, 6.45) is -0.118. The third-order valence-corrected chi connectivity index (χ3v) is 2.61. The van der Waals surface area contributed by atoms with Crippen molar-refractivity contribution in [3.8, 4) is 5.75 Å². The van der Waals surface area contributed by atoms with Crippen molar-refractivity contribution >= 4 is 5.78 Å². The molecule has 0 amide bonds. The first-order valence-electron chi connectivity index (χ1n) is 7.09. The van der Waals surface area contributed by atoms with E-state index in [4.69, 9.17) is 14.2 Å². The van der Waals surface area contributed by atoms with Gasteiger partial charge in [0.15, 0.2) is 12.1 Å². The molecule has 0 aliphatic heterocycles. The van der Waals surface area contributed by atoms with Crippen LogP contribution in [0.1, 0.15) is 44.5 Å². The van der Waals surface area contributed by atoms with Gasteiger partial charge in [-0.25, -0.2) is 0 Å². The predicted molar refractivity (Wildman–Crippen MR) is 78.2 cm³/mol. The van der Waals surface area contributed by atoms with E-state index in [1.807, 2.05) is 39.8 Å². The summed E-state index contributed by atoms with van der Waals surface area (Å²) in [6, 6.07) is 7.16. The SMILES string of the molecule is CCOC(CC(=O)c1ccc(OC(C)C)cc1)OCC. The topological polar surface area (TPSA) is 44.8 Å². The van der Waals surface area contributed by atoms with Gasteiger partial charge < -0.3 is 14.2 Å². The molecule has 0 aromatic heterocycles. The molecule has 0 radical (unpaired) electrons. The summed E-state index contributed by atoms with van der Waals surface area (Å²) in [5.74, 6) is 0.774. The highest BCUT2D eigenvalue weighted by Crippen LogP contribution is 2.16. The average molecular weight is 280 g/mol. The lowest BCUT2D eigenvalue weighted by atomic mass is 10.1. The van der Waals surface area contributed by atoms with E-state index in [0.717, 1.165) is 5.75 Å². The molecular formula is C16H24O4. The molecular weight excluding hydrogens is 256 g/mol. The first kappa shape index (κ1) is 16.7. The Hall–Kier alpha value is -1.39. The Bertz CT molecular complexity index is 391. The molecule has 0 saturated carbocycles. The molecule has 1 rings (SSSR count). The highest BCUT2D eigenvalue weighted by molar-refractivity contribution is 5.96. The highest BCUT2D eigenvalue weighted by atomic mass is 16.7. The van der Waals surface area contributed by atoms with E-state index in [2.05, 4.69) is 0 Å². The number of carbonyl (C=O) groups excluding carboxylic acids is 1. The number of hydrogen-bond acceptors (Lipinski definition) is 4. The zero-order valence-corrected chi connectivity index (χ0v) is 12.7. The predicted octanol–water partition coefficient (Wildman–Crippen LogP) is 3.45. The second-order valence-electron chi connectivity index (χ2n) is 4.66. The Kier molecular flexibility index (Phi) is 7.26. The molecule has 0 unspecified atom stereocenters. The maximum atomic E-state index is 12.1. The molecule has 0 aliphatic carbocycles. The van der Waals surface area contributed by atoms with Crippen LogP contribution >= 0.6 is 0 Å². The molecule has 0 bridgehead atoms. The van der Waals surface area contributed by atoms with Gasteiger partial charge in [0.2, 0.25) is 0 Å². The van der Waals surface area contributed by atoms with Crippen LogP contribution in [0.15, 0.2) is 24.3 Å². The Morgan fingerprint density at radius 1 is 1.05 bits per heavy atom. The molecule has 0 atom stereocenters. The van der Waals surface area contributed by atoms with Crippen LogP contribution in [0.2, 0.25) is 0 Å². The fourth-order valence-corrected chi connectivity index (χ4v) is 1.80. The minimum atomic E-state index is -0.468. The summed E-state index contributed by atoms with van der Waals surface area (Å²) < 4.78 is 16.3. The highest BCUT2D eigenvalue weighted by Gasteiger charge is 2.15. The standard InChI is InChI=1S/C16H24O4/c1-5-18-16(19-6-2)11-15(17)13-7-9-14(10-8-13)20-12(3)4/h7-10,12,16H,5-6,11H2,1-4H3. The van der Waals surface area contributed by atoms with Gasteiger partial charge in [-0.3, -0.25) is 4.79 Å². The number of ketones is 1. The lowest BCUT2D eigenvalue weighted by molar-refractivity contribution is -0.133. The Balaban J connectivity index is 2.62. The molecule has 112 valence electrons. The zero-order valence-electron chi connectivity index (χ0n) is 12.7. The first-order valence-corrected chi connectivity index (χ1v) is 7.09. The van der Waals surface area contributed by atoms with E-state index in [0.29, 0.717) is 18.8 Å². The van der Waals surface area contributed by atoms with Crippen LogP contribution in [0.5, 0.6) is 5.75 Å². The van der Waals surface area contributed by atoms with Crippen molar-refractivity contribution in [1.29, 1.82) is 0 Å². The summed E-state index contributed by atoms with van der Waals surface area (Å²) in [7, 11) is 0. The van der Waals surface area contributed by atoms with Crippen molar-refractivity contribution in [1.82, 2.24) is 0 Å². The fourth-order valence-electron chi connectivity index (χ4n) is 1.80. The summed E-state index contributed by atoms with van der Waals surface area (Å²) in [5.41, 5.74) is 0.644. The third-order valence-electron chi connectivity index (χ3n) is 2.61. The molecule has 4 heteroatoms. The molecule has 1 aromatic carbocycles. The largest absolute Gasteiger partial charge is 0.491 e. The molecule has 1 aromatic rings. The van der Waals surface area contributed by atoms with Gasteiger partial charge in [0, 0.05) is 18.8 Å². The summed E-state index contributed by atoms with van der Waals surface area (Å²) in [4.78, 5) is 12.1. The monoisotopic (exact) mass is 280 g/mol. The fraction of sp³-hybridized carbons (Fsp3) is 0.562. The smallest absolute Gasteiger partial charge is 0.167 e. The lowest BCUT2D eigenvalue weighted by Crippen LogP contribution is -2.21. The molecule has 0 aliphatic rings. The van der Waals surface area contributed by atoms with Crippen LogP contribution in [0, 0.1) is 0 Å². The van der Waals surface area contributed by atoms with Gasteiger partial charge in [0.1, 0.15) is 5.75 Å². The minimum Gasteiger partial charge on any atom is -0.491 e. The molecule has 0 heterocycles. The number of ether oxygens (including phenoxy) is 3. The van der Waals surface area contributed by atoms with Crippen LogP contribution in [-0.4, -0.2) is 31.4 Å². The maximum absolute atomic E-state index is 12.1. The molecule has 0 saturated heterocycles. The van der Waals surface area contributed by atoms with Crippen LogP contribution in [0.3, 0.4) is 0 Å². The number of hydrogen-bond donors (Lipinski definition) is 0. The minimum absolute atomic E-state index is 0.00740. The summed E-state index contributed by atoms with van der Waals surface area (Å²) >= 11 is 0. The van der Waals surface area contributed by atoms with Crippen LogP contribution < -0.4 is 4.74 Å². The number of carbonyl (C=O) groups is 1. The van der Waals surface area contributed by atoms with Crippen molar-refractivity contribution in [2.75, 3.05) is 13.2 Å². The Morgan fingerprint density at radius 2 is 1.60 bits per heavy atom. The van der Waals surface area contributed by atoms with Crippen molar-refractivity contribution in [2.45, 2.75) is 46.5 Å². The number of benzene rings is 1. The van der Waals surface area contributed by atoms with E-state index < -0.39 is 6.29 Å². The van der Waals surface area contributed by atoms with Gasteiger partial charge in [0.25, 0.3) is 0 Å². The van der Waals surface area contributed by atoms with E-state index in [1.165, 1.54) is 0 Å². The second-order valence-corrected chi connectivity index (χ2v) is 4.66. The Morgan fingerprint density at radius 3 is 2.05 bits per heavy atom. The first-order chi connectivity index (χ1) is 9.56. The molecule has 0 spiro atoms. The molecule has 20 heavy (non-hydrogen) atoms. The number of Topliss-reactive ketones (excluding diaryl/α,β-unsaturated/α-hetero) is 1. The Labute approximate surface area is 121 Å². The van der Waals surface area contributed by atoms with Gasteiger partial charge in [0.05, 0.1) is 12.5 Å². The normalized spacial score (nSPS) is 11.1. The van der Waals surface area contributed by atoms with E-state index >= 15 is 0 Å². The van der Waals surface area contributed by atoms with Crippen molar-refractivity contribution in [3.63, 3.8) is 0 Å². The quantitative estimate of drug-likeness (QED) is 0.513. The van der Waals surface area contributed by atoms with E-state index in [9.17, 15) is 4.79 Å². The van der Waals surface area contributed by atoms with Crippen molar-refractivity contribution in [3.05, 3.63) is 29.8 Å². The summed E-state index contributed by atoms with van der Waals surface area (Å²) in [5, 5.41) is 0. The van der Waals surface area contributed by atoms with Crippen LogP contribution in [-0.2, 0) is 9.47 Å². The lowest BCUT2D eigenvalue weighted by Gasteiger charge is -2.16. The van der Waals surface area contributed by atoms with Gasteiger partial charge >= 0.3 is 0 Å². The molecule has 4 nitrogen and oxygen atoms in total. The molecule has 0 fully saturated rings. The maximum Gasteiger partial charge on any atom is 0.167 e. The van der Waals surface area contributed by atoms with Crippen LogP contribution in [0.25, 0.3) is 0 Å². The summed E-state index contributed by atoms with van der Waals surface area (Å²) in [6.45, 7) is 8.75. The zero-order chi connectivity index (χ0) is 15.0.